The first-order valence-corrected chi connectivity index (χ1v) is 6.76. The van der Waals surface area contributed by atoms with Crippen LogP contribution in [0.3, 0.4) is 0 Å². The third kappa shape index (κ3) is 3.01. The Kier molecular flexibility index (Phi) is 4.44. The number of benzene rings is 1. The quantitative estimate of drug-likeness (QED) is 0.624. The number of nitro groups is 1. The number of hydrogen-bond acceptors (Lipinski definition) is 5. The maximum Gasteiger partial charge on any atom is 0.273 e. The average molecular weight is 279 g/mol. The predicted molar refractivity (Wildman–Crippen MR) is 78.6 cm³/mol. The number of hydrogen-bond donors (Lipinski definition) is 0. The summed E-state index contributed by atoms with van der Waals surface area (Å²) in [4.78, 5) is 14.9. The van der Waals surface area contributed by atoms with Crippen LogP contribution in [0.15, 0.2) is 18.2 Å². The van der Waals surface area contributed by atoms with Crippen LogP contribution in [0, 0.1) is 10.1 Å². The van der Waals surface area contributed by atoms with Crippen molar-refractivity contribution in [3.8, 4) is 5.75 Å². The molecule has 0 amide bonds. The Morgan fingerprint density at radius 3 is 2.50 bits per heavy atom. The molecule has 0 aromatic heterocycles. The maximum atomic E-state index is 10.8. The topological polar surface area (TPSA) is 58.9 Å². The first kappa shape index (κ1) is 14.6. The van der Waals surface area contributed by atoms with E-state index in [9.17, 15) is 10.1 Å². The van der Waals surface area contributed by atoms with Gasteiger partial charge in [0, 0.05) is 25.2 Å². The Morgan fingerprint density at radius 1 is 1.35 bits per heavy atom. The number of non-ortho nitro benzene ring substituents is 1. The number of nitrogens with zero attached hydrogens (tertiary/aromatic N) is 3. The Morgan fingerprint density at radius 2 is 2.00 bits per heavy atom. The Balaban J connectivity index is 2.15. The summed E-state index contributed by atoms with van der Waals surface area (Å²) in [5.74, 6) is 0.572. The standard InChI is InChI=1S/C14H21N3O3/c1-15(2)11-6-8-16(9-7-11)13-5-4-12(17(18)19)10-14(13)20-3/h4-5,10-11H,6-9H2,1-3H3. The number of ether oxygens (including phenoxy) is 1. The van der Waals surface area contributed by atoms with Crippen molar-refractivity contribution in [2.24, 2.45) is 0 Å². The van der Waals surface area contributed by atoms with E-state index in [1.807, 2.05) is 0 Å². The van der Waals surface area contributed by atoms with Crippen LogP contribution < -0.4 is 9.64 Å². The summed E-state index contributed by atoms with van der Waals surface area (Å²) in [5, 5.41) is 10.8. The average Bonchev–Trinajstić information content (AvgIpc) is 2.46. The molecule has 1 aromatic carbocycles. The molecular weight excluding hydrogens is 258 g/mol. The van der Waals surface area contributed by atoms with Gasteiger partial charge in [0.25, 0.3) is 5.69 Å². The lowest BCUT2D eigenvalue weighted by molar-refractivity contribution is -0.384. The molecule has 2 rings (SSSR count). The molecule has 0 atom stereocenters. The molecule has 1 aliphatic rings. The second kappa shape index (κ2) is 6.09. The van der Waals surface area contributed by atoms with Gasteiger partial charge in [0.05, 0.1) is 23.8 Å². The fourth-order valence-corrected chi connectivity index (χ4v) is 2.66. The molecule has 0 radical (unpaired) electrons. The Bertz CT molecular complexity index is 483. The number of methoxy groups -OCH3 is 1. The van der Waals surface area contributed by atoms with Crippen LogP contribution in [0.5, 0.6) is 5.75 Å². The molecule has 6 heteroatoms. The van der Waals surface area contributed by atoms with Crippen LogP contribution >= 0.6 is 0 Å². The third-order valence-corrected chi connectivity index (χ3v) is 3.91. The van der Waals surface area contributed by atoms with Gasteiger partial charge in [-0.1, -0.05) is 0 Å². The summed E-state index contributed by atoms with van der Waals surface area (Å²) >= 11 is 0. The molecule has 6 nitrogen and oxygen atoms in total. The summed E-state index contributed by atoms with van der Waals surface area (Å²) in [6.07, 6.45) is 2.18. The van der Waals surface area contributed by atoms with Crippen molar-refractivity contribution in [1.29, 1.82) is 0 Å². The highest BCUT2D eigenvalue weighted by Gasteiger charge is 2.23. The molecule has 0 bridgehead atoms. The Labute approximate surface area is 119 Å². The molecule has 0 unspecified atom stereocenters. The van der Waals surface area contributed by atoms with E-state index in [0.717, 1.165) is 31.6 Å². The van der Waals surface area contributed by atoms with E-state index < -0.39 is 4.92 Å². The van der Waals surface area contributed by atoms with E-state index in [0.29, 0.717) is 11.8 Å². The molecule has 0 aliphatic carbocycles. The van der Waals surface area contributed by atoms with Crippen molar-refractivity contribution < 1.29 is 9.66 Å². The normalized spacial score (nSPS) is 16.5. The summed E-state index contributed by atoms with van der Waals surface area (Å²) in [5.41, 5.74) is 1.00. The molecule has 1 fully saturated rings. The monoisotopic (exact) mass is 279 g/mol. The highest BCUT2D eigenvalue weighted by molar-refractivity contribution is 5.62. The van der Waals surface area contributed by atoms with E-state index in [-0.39, 0.29) is 5.69 Å². The zero-order valence-corrected chi connectivity index (χ0v) is 12.2. The van der Waals surface area contributed by atoms with E-state index >= 15 is 0 Å². The zero-order valence-electron chi connectivity index (χ0n) is 12.2. The van der Waals surface area contributed by atoms with Crippen molar-refractivity contribution in [1.82, 2.24) is 4.90 Å². The van der Waals surface area contributed by atoms with E-state index in [1.54, 1.807) is 13.2 Å². The van der Waals surface area contributed by atoms with Crippen molar-refractivity contribution in [3.63, 3.8) is 0 Å². The molecule has 1 heterocycles. The number of anilines is 1. The summed E-state index contributed by atoms with van der Waals surface area (Å²) in [7, 11) is 5.76. The summed E-state index contributed by atoms with van der Waals surface area (Å²) < 4.78 is 5.31. The lowest BCUT2D eigenvalue weighted by Gasteiger charge is -2.36. The first-order valence-electron chi connectivity index (χ1n) is 6.76. The van der Waals surface area contributed by atoms with Gasteiger partial charge in [-0.25, -0.2) is 0 Å². The molecule has 110 valence electrons. The van der Waals surface area contributed by atoms with E-state index in [1.165, 1.54) is 12.1 Å². The van der Waals surface area contributed by atoms with Gasteiger partial charge in [-0.3, -0.25) is 10.1 Å². The molecule has 1 aromatic rings. The predicted octanol–water partition coefficient (Wildman–Crippen LogP) is 2.13. The number of rotatable bonds is 4. The lowest BCUT2D eigenvalue weighted by atomic mass is 10.0. The summed E-state index contributed by atoms with van der Waals surface area (Å²) in [6.45, 7) is 1.88. The van der Waals surface area contributed by atoms with Gasteiger partial charge < -0.3 is 14.5 Å². The van der Waals surface area contributed by atoms with Gasteiger partial charge in [-0.2, -0.15) is 0 Å². The van der Waals surface area contributed by atoms with Crippen LogP contribution in [-0.4, -0.2) is 50.2 Å². The fourth-order valence-electron chi connectivity index (χ4n) is 2.66. The van der Waals surface area contributed by atoms with Gasteiger partial charge >= 0.3 is 0 Å². The van der Waals surface area contributed by atoms with Gasteiger partial charge in [0.1, 0.15) is 5.75 Å². The van der Waals surface area contributed by atoms with Gasteiger partial charge in [-0.15, -0.1) is 0 Å². The molecule has 0 N–H and O–H groups in total. The molecule has 1 saturated heterocycles. The summed E-state index contributed by atoms with van der Waals surface area (Å²) in [6, 6.07) is 5.42. The Hall–Kier alpha value is -1.82. The molecule has 1 aliphatic heterocycles. The van der Waals surface area contributed by atoms with Crippen molar-refractivity contribution >= 4 is 11.4 Å². The first-order chi connectivity index (χ1) is 9.52. The molecular formula is C14H21N3O3. The van der Waals surface area contributed by atoms with Crippen molar-refractivity contribution in [3.05, 3.63) is 28.3 Å². The second-order valence-corrected chi connectivity index (χ2v) is 5.30. The largest absolute Gasteiger partial charge is 0.494 e. The minimum Gasteiger partial charge on any atom is -0.494 e. The van der Waals surface area contributed by atoms with Crippen LogP contribution in [0.4, 0.5) is 11.4 Å². The van der Waals surface area contributed by atoms with Gasteiger partial charge in [0.2, 0.25) is 0 Å². The van der Waals surface area contributed by atoms with Crippen LogP contribution in [0.25, 0.3) is 0 Å². The maximum absolute atomic E-state index is 10.8. The highest BCUT2D eigenvalue weighted by atomic mass is 16.6. The number of piperidine rings is 1. The smallest absolute Gasteiger partial charge is 0.273 e. The third-order valence-electron chi connectivity index (χ3n) is 3.91. The highest BCUT2D eigenvalue weighted by Crippen LogP contribution is 2.33. The molecule has 20 heavy (non-hydrogen) atoms. The fraction of sp³-hybridized carbons (Fsp3) is 0.571. The minimum atomic E-state index is -0.398. The van der Waals surface area contributed by atoms with Crippen molar-refractivity contribution in [2.75, 3.05) is 39.2 Å². The van der Waals surface area contributed by atoms with Crippen LogP contribution in [0.2, 0.25) is 0 Å². The minimum absolute atomic E-state index is 0.0637. The van der Waals surface area contributed by atoms with Crippen LogP contribution in [-0.2, 0) is 0 Å². The lowest BCUT2D eigenvalue weighted by Crippen LogP contribution is -2.42. The molecule has 0 spiro atoms. The molecule has 0 saturated carbocycles. The SMILES string of the molecule is COc1cc([N+](=O)[O-])ccc1N1CCC(N(C)C)CC1. The van der Waals surface area contributed by atoms with Gasteiger partial charge in [0.15, 0.2) is 0 Å². The van der Waals surface area contributed by atoms with E-state index in [4.69, 9.17) is 4.74 Å². The van der Waals surface area contributed by atoms with E-state index in [2.05, 4.69) is 23.9 Å². The number of nitro benzene ring substituents is 1. The zero-order chi connectivity index (χ0) is 14.7. The van der Waals surface area contributed by atoms with Crippen molar-refractivity contribution in [2.45, 2.75) is 18.9 Å². The van der Waals surface area contributed by atoms with Gasteiger partial charge in [-0.05, 0) is 33.0 Å². The second-order valence-electron chi connectivity index (χ2n) is 5.30. The van der Waals surface area contributed by atoms with Crippen LogP contribution in [0.1, 0.15) is 12.8 Å².